The van der Waals surface area contributed by atoms with Crippen LogP contribution in [0, 0.1) is 11.3 Å². The molecule has 1 aliphatic rings. The number of hydrogen-bond donors (Lipinski definition) is 1. The van der Waals surface area contributed by atoms with Crippen LogP contribution < -0.4 is 10.2 Å². The standard InChI is InChI=1S/C13H16ClN3/c1-2-5-17(11-8-16-9-11)13-4-3-10(7-15)6-12(13)14/h3-4,6,11,16H,2,5,8-9H2,1H3. The van der Waals surface area contributed by atoms with Gasteiger partial charge in [0.1, 0.15) is 0 Å². The summed E-state index contributed by atoms with van der Waals surface area (Å²) in [5.74, 6) is 0. The zero-order chi connectivity index (χ0) is 12.3. The molecular weight excluding hydrogens is 234 g/mol. The minimum Gasteiger partial charge on any atom is -0.365 e. The molecular formula is C13H16ClN3. The lowest BCUT2D eigenvalue weighted by atomic mass is 10.1. The van der Waals surface area contributed by atoms with E-state index in [0.29, 0.717) is 16.6 Å². The van der Waals surface area contributed by atoms with Crippen LogP contribution in [0.3, 0.4) is 0 Å². The van der Waals surface area contributed by atoms with E-state index in [0.717, 1.165) is 31.7 Å². The van der Waals surface area contributed by atoms with Crippen LogP contribution in [-0.2, 0) is 0 Å². The predicted octanol–water partition coefficient (Wildman–Crippen LogP) is 2.40. The molecule has 0 unspecified atom stereocenters. The highest BCUT2D eigenvalue weighted by Crippen LogP contribution is 2.29. The van der Waals surface area contributed by atoms with Gasteiger partial charge in [-0.05, 0) is 24.6 Å². The lowest BCUT2D eigenvalue weighted by Gasteiger charge is -2.40. The minimum atomic E-state index is 0.528. The Hall–Kier alpha value is -1.24. The van der Waals surface area contributed by atoms with Crippen molar-refractivity contribution in [3.05, 3.63) is 28.8 Å². The molecule has 4 heteroatoms. The van der Waals surface area contributed by atoms with E-state index in [4.69, 9.17) is 16.9 Å². The Bertz CT molecular complexity index is 435. The maximum Gasteiger partial charge on any atom is 0.0992 e. The molecule has 1 saturated heterocycles. The van der Waals surface area contributed by atoms with E-state index >= 15 is 0 Å². The summed E-state index contributed by atoms with van der Waals surface area (Å²) >= 11 is 6.25. The van der Waals surface area contributed by atoms with Gasteiger partial charge in [-0.15, -0.1) is 0 Å². The fraction of sp³-hybridized carbons (Fsp3) is 0.462. The number of hydrogen-bond acceptors (Lipinski definition) is 3. The molecule has 0 saturated carbocycles. The molecule has 1 fully saturated rings. The third-order valence-electron chi connectivity index (χ3n) is 3.05. The normalized spacial score (nSPS) is 15.1. The molecule has 1 heterocycles. The number of nitriles is 1. The fourth-order valence-corrected chi connectivity index (χ4v) is 2.33. The molecule has 0 amide bonds. The SMILES string of the molecule is CCCN(c1ccc(C#N)cc1Cl)C1CNC1. The van der Waals surface area contributed by atoms with Crippen molar-refractivity contribution in [2.24, 2.45) is 0 Å². The molecule has 0 spiro atoms. The quantitative estimate of drug-likeness (QED) is 0.891. The monoisotopic (exact) mass is 249 g/mol. The van der Waals surface area contributed by atoms with Gasteiger partial charge in [0.05, 0.1) is 28.4 Å². The first-order valence-electron chi connectivity index (χ1n) is 5.93. The zero-order valence-electron chi connectivity index (χ0n) is 9.91. The van der Waals surface area contributed by atoms with Gasteiger partial charge in [-0.3, -0.25) is 0 Å². The average molecular weight is 250 g/mol. The Morgan fingerprint density at radius 3 is 2.76 bits per heavy atom. The minimum absolute atomic E-state index is 0.528. The van der Waals surface area contributed by atoms with Crippen LogP contribution in [0.25, 0.3) is 0 Å². The van der Waals surface area contributed by atoms with Crippen molar-refractivity contribution in [3.8, 4) is 6.07 Å². The summed E-state index contributed by atoms with van der Waals surface area (Å²) in [6.07, 6.45) is 1.09. The summed E-state index contributed by atoms with van der Waals surface area (Å²) in [5, 5.41) is 12.8. The van der Waals surface area contributed by atoms with E-state index in [2.05, 4.69) is 23.2 Å². The van der Waals surface area contributed by atoms with Crippen LogP contribution >= 0.6 is 11.6 Å². The maximum absolute atomic E-state index is 8.83. The molecule has 3 nitrogen and oxygen atoms in total. The first-order chi connectivity index (χ1) is 8.26. The third kappa shape index (κ3) is 2.54. The lowest BCUT2D eigenvalue weighted by Crippen LogP contribution is -2.57. The van der Waals surface area contributed by atoms with Crippen molar-refractivity contribution >= 4 is 17.3 Å². The van der Waals surface area contributed by atoms with E-state index < -0.39 is 0 Å². The smallest absolute Gasteiger partial charge is 0.0992 e. The predicted molar refractivity (Wildman–Crippen MR) is 70.5 cm³/mol. The Morgan fingerprint density at radius 2 is 2.29 bits per heavy atom. The topological polar surface area (TPSA) is 39.1 Å². The summed E-state index contributed by atoms with van der Waals surface area (Å²) in [4.78, 5) is 2.33. The van der Waals surface area contributed by atoms with Crippen molar-refractivity contribution in [2.45, 2.75) is 19.4 Å². The Balaban J connectivity index is 2.26. The van der Waals surface area contributed by atoms with E-state index in [1.54, 1.807) is 6.07 Å². The number of rotatable bonds is 4. The van der Waals surface area contributed by atoms with Crippen LogP contribution in [-0.4, -0.2) is 25.7 Å². The van der Waals surface area contributed by atoms with Gasteiger partial charge in [0, 0.05) is 19.6 Å². The van der Waals surface area contributed by atoms with Crippen molar-refractivity contribution in [1.29, 1.82) is 5.26 Å². The van der Waals surface area contributed by atoms with Gasteiger partial charge >= 0.3 is 0 Å². The van der Waals surface area contributed by atoms with E-state index in [9.17, 15) is 0 Å². The molecule has 0 atom stereocenters. The van der Waals surface area contributed by atoms with Crippen LogP contribution in [0.15, 0.2) is 18.2 Å². The molecule has 1 aliphatic heterocycles. The van der Waals surface area contributed by atoms with Crippen LogP contribution in [0.4, 0.5) is 5.69 Å². The van der Waals surface area contributed by atoms with Gasteiger partial charge in [0.2, 0.25) is 0 Å². The van der Waals surface area contributed by atoms with Gasteiger partial charge in [0.15, 0.2) is 0 Å². The van der Waals surface area contributed by atoms with Crippen molar-refractivity contribution in [3.63, 3.8) is 0 Å². The highest BCUT2D eigenvalue weighted by atomic mass is 35.5. The van der Waals surface area contributed by atoms with Crippen molar-refractivity contribution < 1.29 is 0 Å². The van der Waals surface area contributed by atoms with Gasteiger partial charge in [-0.1, -0.05) is 18.5 Å². The van der Waals surface area contributed by atoms with E-state index in [1.165, 1.54) is 0 Å². The summed E-state index contributed by atoms with van der Waals surface area (Å²) in [6.45, 7) is 5.18. The molecule has 1 aromatic carbocycles. The Morgan fingerprint density at radius 1 is 1.53 bits per heavy atom. The fourth-order valence-electron chi connectivity index (χ4n) is 2.04. The highest BCUT2D eigenvalue weighted by molar-refractivity contribution is 6.33. The number of nitrogens with one attached hydrogen (secondary N) is 1. The first kappa shape index (κ1) is 12.2. The Kier molecular flexibility index (Phi) is 3.88. The molecule has 17 heavy (non-hydrogen) atoms. The second-order valence-corrected chi connectivity index (χ2v) is 4.69. The maximum atomic E-state index is 8.83. The zero-order valence-corrected chi connectivity index (χ0v) is 10.7. The number of halogens is 1. The number of nitrogens with zero attached hydrogens (tertiary/aromatic N) is 2. The third-order valence-corrected chi connectivity index (χ3v) is 3.35. The molecule has 2 rings (SSSR count). The van der Waals surface area contributed by atoms with E-state index in [-0.39, 0.29) is 0 Å². The molecule has 0 aliphatic carbocycles. The summed E-state index contributed by atoms with van der Waals surface area (Å²) in [5.41, 5.74) is 1.65. The summed E-state index contributed by atoms with van der Waals surface area (Å²) < 4.78 is 0. The van der Waals surface area contributed by atoms with Gasteiger partial charge < -0.3 is 10.2 Å². The number of anilines is 1. The summed E-state index contributed by atoms with van der Waals surface area (Å²) in [6, 6.07) is 8.16. The van der Waals surface area contributed by atoms with Crippen molar-refractivity contribution in [1.82, 2.24) is 5.32 Å². The molecule has 0 aromatic heterocycles. The first-order valence-corrected chi connectivity index (χ1v) is 6.31. The second kappa shape index (κ2) is 5.39. The van der Waals surface area contributed by atoms with Gasteiger partial charge in [-0.25, -0.2) is 0 Å². The molecule has 0 radical (unpaired) electrons. The van der Waals surface area contributed by atoms with Crippen molar-refractivity contribution in [2.75, 3.05) is 24.5 Å². The van der Waals surface area contributed by atoms with Crippen LogP contribution in [0.2, 0.25) is 5.02 Å². The molecule has 0 bridgehead atoms. The van der Waals surface area contributed by atoms with Gasteiger partial charge in [0.25, 0.3) is 0 Å². The second-order valence-electron chi connectivity index (χ2n) is 4.28. The molecule has 90 valence electrons. The highest BCUT2D eigenvalue weighted by Gasteiger charge is 2.25. The number of benzene rings is 1. The van der Waals surface area contributed by atoms with Gasteiger partial charge in [-0.2, -0.15) is 5.26 Å². The van der Waals surface area contributed by atoms with Crippen LogP contribution in [0.1, 0.15) is 18.9 Å². The molecule has 1 N–H and O–H groups in total. The summed E-state index contributed by atoms with van der Waals surface area (Å²) in [7, 11) is 0. The lowest BCUT2D eigenvalue weighted by molar-refractivity contribution is 0.412. The van der Waals surface area contributed by atoms with Crippen LogP contribution in [0.5, 0.6) is 0 Å². The largest absolute Gasteiger partial charge is 0.365 e. The Labute approximate surface area is 107 Å². The molecule has 1 aromatic rings. The van der Waals surface area contributed by atoms with E-state index in [1.807, 2.05) is 12.1 Å². The average Bonchev–Trinajstić information content (AvgIpc) is 2.26.